The number of amides is 2. The molecule has 6 nitrogen and oxygen atoms in total. The summed E-state index contributed by atoms with van der Waals surface area (Å²) in [7, 11) is 0. The number of nitrogens with zero attached hydrogens (tertiary/aromatic N) is 3. The maximum Gasteiger partial charge on any atom is 0.313 e. The van der Waals surface area contributed by atoms with Crippen LogP contribution in [0, 0.1) is 26.7 Å². The van der Waals surface area contributed by atoms with Crippen molar-refractivity contribution in [2.24, 2.45) is 5.92 Å². The first-order chi connectivity index (χ1) is 12.8. The summed E-state index contributed by atoms with van der Waals surface area (Å²) in [5.74, 6) is -0.756. The molecule has 0 radical (unpaired) electrons. The standard InChI is InChI=1S/C21H26N4O2/c1-13-5-6-19(17-7-8-22-15(3)10-17)25(12-13)21(27)20(26)24-18-9-14(2)16(4)23-11-18/h7-11,13,19H,5-6,12H2,1-4H3,(H,24,26)/t13-,19+/m1/s1. The van der Waals surface area contributed by atoms with E-state index >= 15 is 0 Å². The van der Waals surface area contributed by atoms with Gasteiger partial charge in [-0.05, 0) is 68.9 Å². The lowest BCUT2D eigenvalue weighted by molar-refractivity contribution is -0.146. The topological polar surface area (TPSA) is 75.2 Å². The number of piperidine rings is 1. The van der Waals surface area contributed by atoms with E-state index in [2.05, 4.69) is 22.2 Å². The molecule has 1 N–H and O–H groups in total. The van der Waals surface area contributed by atoms with Crippen molar-refractivity contribution in [3.8, 4) is 0 Å². The normalized spacial score (nSPS) is 19.6. The number of carbonyl (C=O) groups is 2. The molecule has 2 atom stereocenters. The maximum atomic E-state index is 12.9. The van der Waals surface area contributed by atoms with Gasteiger partial charge in [0.05, 0.1) is 17.9 Å². The molecule has 6 heteroatoms. The van der Waals surface area contributed by atoms with Crippen molar-refractivity contribution in [2.75, 3.05) is 11.9 Å². The summed E-state index contributed by atoms with van der Waals surface area (Å²) in [5, 5.41) is 2.70. The van der Waals surface area contributed by atoms with Crippen LogP contribution in [0.15, 0.2) is 30.6 Å². The molecule has 27 heavy (non-hydrogen) atoms. The van der Waals surface area contributed by atoms with Crippen LogP contribution in [0.25, 0.3) is 0 Å². The molecule has 3 rings (SSSR count). The van der Waals surface area contributed by atoms with Crippen LogP contribution in [0.3, 0.4) is 0 Å². The number of hydrogen-bond donors (Lipinski definition) is 1. The third-order valence-corrected chi connectivity index (χ3v) is 5.18. The lowest BCUT2D eigenvalue weighted by Gasteiger charge is -2.38. The van der Waals surface area contributed by atoms with E-state index in [0.29, 0.717) is 18.2 Å². The van der Waals surface area contributed by atoms with E-state index in [0.717, 1.165) is 35.4 Å². The van der Waals surface area contributed by atoms with E-state index in [9.17, 15) is 9.59 Å². The van der Waals surface area contributed by atoms with Crippen molar-refractivity contribution in [1.29, 1.82) is 0 Å². The summed E-state index contributed by atoms with van der Waals surface area (Å²) in [4.78, 5) is 35.7. The average molecular weight is 366 g/mol. The first-order valence-corrected chi connectivity index (χ1v) is 9.33. The largest absolute Gasteiger partial charge is 0.327 e. The van der Waals surface area contributed by atoms with Crippen molar-refractivity contribution in [3.05, 3.63) is 53.1 Å². The molecule has 1 aliphatic heterocycles. The molecule has 0 spiro atoms. The summed E-state index contributed by atoms with van der Waals surface area (Å²) >= 11 is 0. The third-order valence-electron chi connectivity index (χ3n) is 5.18. The molecular weight excluding hydrogens is 340 g/mol. The highest BCUT2D eigenvalue weighted by Gasteiger charge is 2.34. The minimum atomic E-state index is -0.620. The molecule has 1 aliphatic rings. The second-order valence-electron chi connectivity index (χ2n) is 7.47. The van der Waals surface area contributed by atoms with E-state index in [1.165, 1.54) is 0 Å². The van der Waals surface area contributed by atoms with Crippen LogP contribution in [-0.4, -0.2) is 33.2 Å². The monoisotopic (exact) mass is 366 g/mol. The molecule has 0 bridgehead atoms. The van der Waals surface area contributed by atoms with Crippen LogP contribution in [-0.2, 0) is 9.59 Å². The molecule has 0 aromatic carbocycles. The van der Waals surface area contributed by atoms with Gasteiger partial charge in [-0.3, -0.25) is 19.6 Å². The lowest BCUT2D eigenvalue weighted by Crippen LogP contribution is -2.46. The highest BCUT2D eigenvalue weighted by molar-refractivity contribution is 6.39. The van der Waals surface area contributed by atoms with Crippen molar-refractivity contribution in [3.63, 3.8) is 0 Å². The van der Waals surface area contributed by atoms with Gasteiger partial charge < -0.3 is 10.2 Å². The van der Waals surface area contributed by atoms with E-state index in [1.54, 1.807) is 17.3 Å². The number of hydrogen-bond acceptors (Lipinski definition) is 4. The van der Waals surface area contributed by atoms with Crippen molar-refractivity contribution >= 4 is 17.5 Å². The Kier molecular flexibility index (Phi) is 5.54. The first-order valence-electron chi connectivity index (χ1n) is 9.33. The summed E-state index contributed by atoms with van der Waals surface area (Å²) in [6.45, 7) is 8.44. The number of carbonyl (C=O) groups excluding carboxylic acids is 2. The number of nitrogens with one attached hydrogen (secondary N) is 1. The Morgan fingerprint density at radius 1 is 1.15 bits per heavy atom. The SMILES string of the molecule is Cc1cc([C@@H]2CC[C@@H](C)CN2C(=O)C(=O)Nc2cnc(C)c(C)c2)ccn1. The van der Waals surface area contributed by atoms with Gasteiger partial charge >= 0.3 is 11.8 Å². The fraction of sp³-hybridized carbons (Fsp3) is 0.429. The Labute approximate surface area is 160 Å². The zero-order valence-electron chi connectivity index (χ0n) is 16.3. The van der Waals surface area contributed by atoms with Gasteiger partial charge in [0.2, 0.25) is 0 Å². The van der Waals surface area contributed by atoms with Gasteiger partial charge in [0.15, 0.2) is 0 Å². The minimum Gasteiger partial charge on any atom is -0.327 e. The van der Waals surface area contributed by atoms with Crippen LogP contribution < -0.4 is 5.32 Å². The van der Waals surface area contributed by atoms with Gasteiger partial charge in [0.1, 0.15) is 0 Å². The summed E-state index contributed by atoms with van der Waals surface area (Å²) < 4.78 is 0. The van der Waals surface area contributed by atoms with Gasteiger partial charge in [-0.1, -0.05) is 6.92 Å². The Morgan fingerprint density at radius 3 is 2.63 bits per heavy atom. The molecule has 142 valence electrons. The molecular formula is C21H26N4O2. The average Bonchev–Trinajstić information content (AvgIpc) is 2.64. The highest BCUT2D eigenvalue weighted by Crippen LogP contribution is 2.33. The lowest BCUT2D eigenvalue weighted by atomic mass is 9.90. The number of aryl methyl sites for hydroxylation is 3. The predicted octanol–water partition coefficient (Wildman–Crippen LogP) is 3.34. The van der Waals surface area contributed by atoms with Gasteiger partial charge in [-0.2, -0.15) is 0 Å². The second-order valence-corrected chi connectivity index (χ2v) is 7.47. The molecule has 1 fully saturated rings. The van der Waals surface area contributed by atoms with Gasteiger partial charge in [-0.25, -0.2) is 0 Å². The molecule has 0 unspecified atom stereocenters. The van der Waals surface area contributed by atoms with E-state index in [-0.39, 0.29) is 6.04 Å². The van der Waals surface area contributed by atoms with Crippen molar-refractivity contribution in [2.45, 2.75) is 46.6 Å². The van der Waals surface area contributed by atoms with Crippen LogP contribution in [0.4, 0.5) is 5.69 Å². The first kappa shape index (κ1) is 19.0. The number of rotatable bonds is 2. The van der Waals surface area contributed by atoms with E-state index < -0.39 is 11.8 Å². The molecule has 0 aliphatic carbocycles. The Morgan fingerprint density at radius 2 is 1.93 bits per heavy atom. The Balaban J connectivity index is 1.80. The van der Waals surface area contributed by atoms with Crippen molar-refractivity contribution in [1.82, 2.24) is 14.9 Å². The Bertz CT molecular complexity index is 865. The molecule has 2 aromatic rings. The number of pyridine rings is 2. The fourth-order valence-corrected chi connectivity index (χ4v) is 3.52. The zero-order valence-corrected chi connectivity index (χ0v) is 16.3. The smallest absolute Gasteiger partial charge is 0.313 e. The van der Waals surface area contributed by atoms with Crippen LogP contribution in [0.5, 0.6) is 0 Å². The minimum absolute atomic E-state index is 0.0981. The second kappa shape index (κ2) is 7.86. The Hall–Kier alpha value is -2.76. The zero-order chi connectivity index (χ0) is 19.6. The van der Waals surface area contributed by atoms with Gasteiger partial charge in [0.25, 0.3) is 0 Å². The predicted molar refractivity (Wildman–Crippen MR) is 104 cm³/mol. The molecule has 3 heterocycles. The number of likely N-dealkylation sites (tertiary alicyclic amines) is 1. The molecule has 2 amide bonds. The molecule has 1 saturated heterocycles. The quantitative estimate of drug-likeness (QED) is 0.827. The van der Waals surface area contributed by atoms with Crippen molar-refractivity contribution < 1.29 is 9.59 Å². The van der Waals surface area contributed by atoms with Gasteiger partial charge in [-0.15, -0.1) is 0 Å². The van der Waals surface area contributed by atoms with Crippen LogP contribution in [0.2, 0.25) is 0 Å². The third kappa shape index (κ3) is 4.32. The molecule has 2 aromatic heterocycles. The number of aromatic nitrogens is 2. The highest BCUT2D eigenvalue weighted by atomic mass is 16.2. The summed E-state index contributed by atoms with van der Waals surface area (Å²) in [5.41, 5.74) is 4.35. The van der Waals surface area contributed by atoms with E-state index in [1.807, 2.05) is 39.0 Å². The summed E-state index contributed by atoms with van der Waals surface area (Å²) in [6.07, 6.45) is 5.20. The number of anilines is 1. The van der Waals surface area contributed by atoms with Crippen LogP contribution >= 0.6 is 0 Å². The maximum absolute atomic E-state index is 12.9. The van der Waals surface area contributed by atoms with Gasteiger partial charge in [0, 0.05) is 24.1 Å². The van der Waals surface area contributed by atoms with E-state index in [4.69, 9.17) is 0 Å². The molecule has 0 saturated carbocycles. The fourth-order valence-electron chi connectivity index (χ4n) is 3.52. The van der Waals surface area contributed by atoms with Crippen LogP contribution in [0.1, 0.15) is 48.3 Å². The summed E-state index contributed by atoms with van der Waals surface area (Å²) in [6, 6.07) is 5.65.